The van der Waals surface area contributed by atoms with Crippen LogP contribution in [0.1, 0.15) is 6.42 Å². The van der Waals surface area contributed by atoms with E-state index in [1.54, 1.807) is 31.4 Å². The zero-order chi connectivity index (χ0) is 14.9. The first-order valence-electron chi connectivity index (χ1n) is 7.24. The normalized spacial score (nSPS) is 23.0. The third-order valence-electron chi connectivity index (χ3n) is 4.26. The fourth-order valence-corrected chi connectivity index (χ4v) is 3.02. The molecule has 0 bridgehead atoms. The van der Waals surface area contributed by atoms with E-state index in [-0.39, 0.29) is 11.6 Å². The summed E-state index contributed by atoms with van der Waals surface area (Å²) < 4.78 is 11.7. The SMILES string of the molecule is CN(C)C(=O)N1CC2(C1)OCCC2COc1cccnc1. The Morgan fingerprint density at radius 1 is 1.57 bits per heavy atom. The summed E-state index contributed by atoms with van der Waals surface area (Å²) in [5.41, 5.74) is -0.214. The van der Waals surface area contributed by atoms with Gasteiger partial charge < -0.3 is 19.3 Å². The maximum Gasteiger partial charge on any atom is 0.319 e. The Balaban J connectivity index is 1.56. The average Bonchev–Trinajstić information content (AvgIpc) is 2.87. The Hall–Kier alpha value is -1.82. The molecule has 2 aliphatic rings. The number of carbonyl (C=O) groups excluding carboxylic acids is 1. The topological polar surface area (TPSA) is 54.9 Å². The minimum absolute atomic E-state index is 0.0445. The molecule has 2 aliphatic heterocycles. The van der Waals surface area contributed by atoms with Crippen molar-refractivity contribution in [1.82, 2.24) is 14.8 Å². The molecule has 0 aliphatic carbocycles. The summed E-state index contributed by atoms with van der Waals surface area (Å²) in [5, 5.41) is 0. The van der Waals surface area contributed by atoms with E-state index in [4.69, 9.17) is 9.47 Å². The molecule has 3 heterocycles. The average molecular weight is 291 g/mol. The number of likely N-dealkylation sites (tertiary alicyclic amines) is 1. The number of hydrogen-bond donors (Lipinski definition) is 0. The minimum atomic E-state index is -0.214. The summed E-state index contributed by atoms with van der Waals surface area (Å²) in [5.74, 6) is 1.10. The van der Waals surface area contributed by atoms with Crippen molar-refractivity contribution in [2.45, 2.75) is 12.0 Å². The fourth-order valence-electron chi connectivity index (χ4n) is 3.02. The van der Waals surface area contributed by atoms with Crippen LogP contribution in [0.5, 0.6) is 5.75 Å². The number of urea groups is 1. The van der Waals surface area contributed by atoms with E-state index >= 15 is 0 Å². The molecule has 2 saturated heterocycles. The number of carbonyl (C=O) groups is 1. The number of amides is 2. The smallest absolute Gasteiger partial charge is 0.319 e. The number of hydrogen-bond acceptors (Lipinski definition) is 4. The molecule has 6 nitrogen and oxygen atoms in total. The number of rotatable bonds is 3. The van der Waals surface area contributed by atoms with Gasteiger partial charge in [-0.2, -0.15) is 0 Å². The minimum Gasteiger partial charge on any atom is -0.492 e. The van der Waals surface area contributed by atoms with Gasteiger partial charge in [-0.1, -0.05) is 0 Å². The second kappa shape index (κ2) is 5.52. The van der Waals surface area contributed by atoms with Gasteiger partial charge in [0.25, 0.3) is 0 Å². The van der Waals surface area contributed by atoms with Crippen LogP contribution in [0.25, 0.3) is 0 Å². The predicted octanol–water partition coefficient (Wildman–Crippen LogP) is 1.23. The third-order valence-corrected chi connectivity index (χ3v) is 4.26. The standard InChI is InChI=1S/C15H21N3O3/c1-17(2)14(19)18-10-15(11-18)12(5-7-21-15)9-20-13-4-3-6-16-8-13/h3-4,6,8,12H,5,7,9-11H2,1-2H3. The highest BCUT2D eigenvalue weighted by atomic mass is 16.5. The predicted molar refractivity (Wildman–Crippen MR) is 77.2 cm³/mol. The molecule has 0 N–H and O–H groups in total. The van der Waals surface area contributed by atoms with Gasteiger partial charge in [0.1, 0.15) is 11.4 Å². The summed E-state index contributed by atoms with van der Waals surface area (Å²) >= 11 is 0. The van der Waals surface area contributed by atoms with Crippen molar-refractivity contribution in [3.8, 4) is 5.75 Å². The Morgan fingerprint density at radius 3 is 3.05 bits per heavy atom. The number of pyridine rings is 1. The molecule has 1 atom stereocenters. The highest BCUT2D eigenvalue weighted by Gasteiger charge is 2.55. The van der Waals surface area contributed by atoms with Crippen molar-refractivity contribution < 1.29 is 14.3 Å². The van der Waals surface area contributed by atoms with Crippen LogP contribution in [-0.2, 0) is 4.74 Å². The molecule has 0 aromatic carbocycles. The molecule has 6 heteroatoms. The Morgan fingerprint density at radius 2 is 2.38 bits per heavy atom. The summed E-state index contributed by atoms with van der Waals surface area (Å²) in [6, 6.07) is 3.80. The van der Waals surface area contributed by atoms with E-state index in [0.717, 1.165) is 18.8 Å². The van der Waals surface area contributed by atoms with E-state index in [0.29, 0.717) is 25.6 Å². The molecule has 0 saturated carbocycles. The number of ether oxygens (including phenoxy) is 2. The summed E-state index contributed by atoms with van der Waals surface area (Å²) in [6.07, 6.45) is 4.42. The molecule has 3 rings (SSSR count). The monoisotopic (exact) mass is 291 g/mol. The summed E-state index contributed by atoms with van der Waals surface area (Å²) in [7, 11) is 3.54. The summed E-state index contributed by atoms with van der Waals surface area (Å²) in [6.45, 7) is 2.66. The van der Waals surface area contributed by atoms with Crippen molar-refractivity contribution in [3.05, 3.63) is 24.5 Å². The van der Waals surface area contributed by atoms with Crippen LogP contribution in [-0.4, -0.2) is 66.8 Å². The maximum atomic E-state index is 11.9. The van der Waals surface area contributed by atoms with Gasteiger partial charge in [-0.25, -0.2) is 4.79 Å². The molecular formula is C15H21N3O3. The first kappa shape index (κ1) is 14.1. The summed E-state index contributed by atoms with van der Waals surface area (Å²) in [4.78, 5) is 19.4. The van der Waals surface area contributed by atoms with Crippen LogP contribution >= 0.6 is 0 Å². The van der Waals surface area contributed by atoms with Crippen LogP contribution in [0.2, 0.25) is 0 Å². The van der Waals surface area contributed by atoms with Gasteiger partial charge in [0, 0.05) is 32.8 Å². The Kier molecular flexibility index (Phi) is 3.71. The second-order valence-corrected chi connectivity index (χ2v) is 5.93. The first-order valence-corrected chi connectivity index (χ1v) is 7.24. The van der Waals surface area contributed by atoms with Crippen LogP contribution in [0.3, 0.4) is 0 Å². The zero-order valence-electron chi connectivity index (χ0n) is 12.5. The van der Waals surface area contributed by atoms with Crippen molar-refractivity contribution in [2.24, 2.45) is 5.92 Å². The highest BCUT2D eigenvalue weighted by Crippen LogP contribution is 2.40. The maximum absolute atomic E-state index is 11.9. The van der Waals surface area contributed by atoms with Crippen molar-refractivity contribution in [1.29, 1.82) is 0 Å². The van der Waals surface area contributed by atoms with E-state index in [2.05, 4.69) is 4.98 Å². The Labute approximate surface area is 124 Å². The van der Waals surface area contributed by atoms with Gasteiger partial charge in [-0.3, -0.25) is 4.98 Å². The van der Waals surface area contributed by atoms with Gasteiger partial charge in [0.2, 0.25) is 0 Å². The molecule has 0 radical (unpaired) electrons. The molecular weight excluding hydrogens is 270 g/mol. The zero-order valence-corrected chi connectivity index (χ0v) is 12.5. The molecule has 1 aromatic heterocycles. The van der Waals surface area contributed by atoms with E-state index in [9.17, 15) is 4.79 Å². The van der Waals surface area contributed by atoms with Crippen LogP contribution < -0.4 is 4.74 Å². The lowest BCUT2D eigenvalue weighted by Gasteiger charge is -2.50. The highest BCUT2D eigenvalue weighted by molar-refractivity contribution is 5.75. The lowest BCUT2D eigenvalue weighted by Crippen LogP contribution is -2.68. The van der Waals surface area contributed by atoms with Crippen LogP contribution in [0.15, 0.2) is 24.5 Å². The quantitative estimate of drug-likeness (QED) is 0.840. The molecule has 1 aromatic rings. The van der Waals surface area contributed by atoms with Gasteiger partial charge in [-0.05, 0) is 18.6 Å². The second-order valence-electron chi connectivity index (χ2n) is 5.93. The van der Waals surface area contributed by atoms with Gasteiger partial charge >= 0.3 is 6.03 Å². The fraction of sp³-hybridized carbons (Fsp3) is 0.600. The first-order chi connectivity index (χ1) is 10.1. The molecule has 1 unspecified atom stereocenters. The molecule has 2 fully saturated rings. The lowest BCUT2D eigenvalue weighted by molar-refractivity contribution is -0.122. The van der Waals surface area contributed by atoms with E-state index in [1.165, 1.54) is 0 Å². The van der Waals surface area contributed by atoms with Gasteiger partial charge in [0.15, 0.2) is 0 Å². The third kappa shape index (κ3) is 2.68. The molecule has 21 heavy (non-hydrogen) atoms. The number of aromatic nitrogens is 1. The molecule has 2 amide bonds. The van der Waals surface area contributed by atoms with E-state index < -0.39 is 0 Å². The Bertz CT molecular complexity index is 500. The van der Waals surface area contributed by atoms with Gasteiger partial charge in [-0.15, -0.1) is 0 Å². The molecule has 114 valence electrons. The largest absolute Gasteiger partial charge is 0.492 e. The van der Waals surface area contributed by atoms with Crippen molar-refractivity contribution in [2.75, 3.05) is 40.4 Å². The van der Waals surface area contributed by atoms with Gasteiger partial charge in [0.05, 0.1) is 25.9 Å². The van der Waals surface area contributed by atoms with Crippen LogP contribution in [0.4, 0.5) is 4.79 Å². The molecule has 1 spiro atoms. The lowest BCUT2D eigenvalue weighted by atomic mass is 9.81. The van der Waals surface area contributed by atoms with E-state index in [1.807, 2.05) is 17.0 Å². The van der Waals surface area contributed by atoms with Crippen molar-refractivity contribution in [3.63, 3.8) is 0 Å². The van der Waals surface area contributed by atoms with Crippen LogP contribution in [0, 0.1) is 5.92 Å². The number of nitrogens with zero attached hydrogens (tertiary/aromatic N) is 3. The van der Waals surface area contributed by atoms with Crippen molar-refractivity contribution >= 4 is 6.03 Å².